The second-order valence-electron chi connectivity index (χ2n) is 4.05. The van der Waals surface area contributed by atoms with Gasteiger partial charge in [0.1, 0.15) is 0 Å². The Hall–Kier alpha value is -1.62. The molecule has 0 aromatic heterocycles. The van der Waals surface area contributed by atoms with Crippen LogP contribution in [0.15, 0.2) is 24.3 Å². The zero-order valence-corrected chi connectivity index (χ0v) is 8.93. The van der Waals surface area contributed by atoms with Crippen LogP contribution in [0.25, 0.3) is 0 Å². The summed E-state index contributed by atoms with van der Waals surface area (Å²) in [4.78, 5) is 0. The molecular weight excluding hydrogens is 204 g/mol. The number of nitriles is 2. The minimum absolute atomic E-state index is 0.204. The summed E-state index contributed by atoms with van der Waals surface area (Å²) in [5.74, 6) is 0. The highest BCUT2D eigenvalue weighted by atomic mass is 16.3. The molecule has 0 aromatic carbocycles. The maximum Gasteiger partial charge on any atom is 0.157 e. The average molecular weight is 218 g/mol. The first-order chi connectivity index (χ1) is 7.54. The smallest absolute Gasteiger partial charge is 0.157 e. The Bertz CT molecular complexity index is 331. The fourth-order valence-electron chi connectivity index (χ4n) is 1.46. The van der Waals surface area contributed by atoms with Gasteiger partial charge in [0.05, 0.1) is 12.1 Å². The molecule has 1 aliphatic rings. The third kappa shape index (κ3) is 3.20. The second-order valence-corrected chi connectivity index (χ2v) is 4.05. The maximum absolute atomic E-state index is 9.80. The van der Waals surface area contributed by atoms with E-state index >= 15 is 0 Å². The van der Waals surface area contributed by atoms with Gasteiger partial charge in [-0.3, -0.25) is 0 Å². The molecule has 0 aliphatic heterocycles. The van der Waals surface area contributed by atoms with Crippen molar-refractivity contribution in [3.63, 3.8) is 0 Å². The summed E-state index contributed by atoms with van der Waals surface area (Å²) in [5.41, 5.74) is -2.76. The minimum Gasteiger partial charge on any atom is -0.375 e. The van der Waals surface area contributed by atoms with E-state index in [1.807, 2.05) is 12.1 Å². The van der Waals surface area contributed by atoms with Crippen LogP contribution in [0.2, 0.25) is 0 Å². The second kappa shape index (κ2) is 4.94. The Labute approximate surface area is 94.7 Å². The van der Waals surface area contributed by atoms with Crippen LogP contribution in [0.4, 0.5) is 0 Å². The SMILES string of the molecule is N#CC1(O)CC=CCC(O)(C#N)CC=CC1. The van der Waals surface area contributed by atoms with Crippen molar-refractivity contribution in [1.82, 2.24) is 0 Å². The Morgan fingerprint density at radius 3 is 1.19 bits per heavy atom. The van der Waals surface area contributed by atoms with Crippen molar-refractivity contribution in [2.45, 2.75) is 36.9 Å². The molecule has 1 rings (SSSR count). The quantitative estimate of drug-likeness (QED) is 0.472. The molecule has 4 heteroatoms. The fourth-order valence-corrected chi connectivity index (χ4v) is 1.46. The van der Waals surface area contributed by atoms with Crippen LogP contribution >= 0.6 is 0 Å². The van der Waals surface area contributed by atoms with Crippen molar-refractivity contribution in [3.8, 4) is 12.1 Å². The maximum atomic E-state index is 9.80. The van der Waals surface area contributed by atoms with Crippen molar-refractivity contribution in [3.05, 3.63) is 24.3 Å². The zero-order chi connectivity index (χ0) is 12.1. The summed E-state index contributed by atoms with van der Waals surface area (Å²) < 4.78 is 0. The molecule has 4 nitrogen and oxygen atoms in total. The monoisotopic (exact) mass is 218 g/mol. The number of aliphatic hydroxyl groups is 2. The van der Waals surface area contributed by atoms with E-state index in [9.17, 15) is 10.2 Å². The first-order valence-electron chi connectivity index (χ1n) is 5.11. The molecule has 0 spiro atoms. The van der Waals surface area contributed by atoms with Gasteiger partial charge in [-0.05, 0) is 0 Å². The van der Waals surface area contributed by atoms with Gasteiger partial charge >= 0.3 is 0 Å². The van der Waals surface area contributed by atoms with E-state index in [4.69, 9.17) is 10.5 Å². The van der Waals surface area contributed by atoms with Gasteiger partial charge in [0.2, 0.25) is 0 Å². The third-order valence-corrected chi connectivity index (χ3v) is 2.57. The molecule has 0 radical (unpaired) electrons. The van der Waals surface area contributed by atoms with E-state index in [1.54, 1.807) is 24.3 Å². The van der Waals surface area contributed by atoms with Gasteiger partial charge in [-0.15, -0.1) is 0 Å². The number of hydrogen-bond donors (Lipinski definition) is 2. The molecule has 0 bridgehead atoms. The molecule has 0 saturated heterocycles. The highest BCUT2D eigenvalue weighted by Gasteiger charge is 2.27. The highest BCUT2D eigenvalue weighted by molar-refractivity contribution is 5.14. The molecule has 2 N–H and O–H groups in total. The molecule has 16 heavy (non-hydrogen) atoms. The Morgan fingerprint density at radius 2 is 1.00 bits per heavy atom. The molecular formula is C12H14N2O2. The lowest BCUT2D eigenvalue weighted by Gasteiger charge is -2.20. The molecule has 0 unspecified atom stereocenters. The van der Waals surface area contributed by atoms with Crippen molar-refractivity contribution < 1.29 is 10.2 Å². The van der Waals surface area contributed by atoms with Crippen molar-refractivity contribution in [2.75, 3.05) is 0 Å². The number of rotatable bonds is 0. The average Bonchev–Trinajstić information content (AvgIpc) is 2.30. The van der Waals surface area contributed by atoms with E-state index in [0.29, 0.717) is 0 Å². The van der Waals surface area contributed by atoms with Crippen LogP contribution in [0.1, 0.15) is 25.7 Å². The fraction of sp³-hybridized carbons (Fsp3) is 0.500. The molecule has 0 heterocycles. The van der Waals surface area contributed by atoms with Gasteiger partial charge in [-0.25, -0.2) is 0 Å². The summed E-state index contributed by atoms with van der Waals surface area (Å²) in [6.07, 6.45) is 7.33. The van der Waals surface area contributed by atoms with Crippen molar-refractivity contribution in [2.24, 2.45) is 0 Å². The third-order valence-electron chi connectivity index (χ3n) is 2.57. The van der Waals surface area contributed by atoms with Crippen LogP contribution in [-0.2, 0) is 0 Å². The zero-order valence-electron chi connectivity index (χ0n) is 8.93. The van der Waals surface area contributed by atoms with E-state index < -0.39 is 11.2 Å². The molecule has 84 valence electrons. The van der Waals surface area contributed by atoms with E-state index in [1.165, 1.54) is 0 Å². The van der Waals surface area contributed by atoms with Crippen LogP contribution < -0.4 is 0 Å². The van der Waals surface area contributed by atoms with E-state index in [-0.39, 0.29) is 25.7 Å². The largest absolute Gasteiger partial charge is 0.375 e. The lowest BCUT2D eigenvalue weighted by atomic mass is 9.91. The summed E-state index contributed by atoms with van der Waals surface area (Å²) in [7, 11) is 0. The van der Waals surface area contributed by atoms with Gasteiger partial charge in [0, 0.05) is 25.7 Å². The standard InChI is InChI=1S/C12H14N2O2/c13-9-11(15)5-1-2-6-12(16,10-14)8-4-3-7-11/h1-4,15-16H,5-8H2. The summed E-state index contributed by atoms with van der Waals surface area (Å²) in [6.45, 7) is 0. The van der Waals surface area contributed by atoms with Gasteiger partial charge in [-0.2, -0.15) is 10.5 Å². The van der Waals surface area contributed by atoms with Crippen LogP contribution in [0.3, 0.4) is 0 Å². The van der Waals surface area contributed by atoms with Crippen molar-refractivity contribution in [1.29, 1.82) is 10.5 Å². The number of hydrogen-bond acceptors (Lipinski definition) is 4. The molecule has 0 atom stereocenters. The van der Waals surface area contributed by atoms with Gasteiger partial charge in [0.15, 0.2) is 11.2 Å². The molecule has 0 amide bonds. The van der Waals surface area contributed by atoms with Gasteiger partial charge in [-0.1, -0.05) is 24.3 Å². The number of nitrogens with zero attached hydrogens (tertiary/aromatic N) is 2. The minimum atomic E-state index is -1.38. The summed E-state index contributed by atoms with van der Waals surface area (Å²) >= 11 is 0. The summed E-state index contributed by atoms with van der Waals surface area (Å²) in [5, 5.41) is 37.2. The Balaban J connectivity index is 2.81. The molecule has 1 aliphatic carbocycles. The predicted octanol–water partition coefficient (Wildman–Crippen LogP) is 1.18. The first-order valence-corrected chi connectivity index (χ1v) is 5.11. The molecule has 0 aromatic rings. The van der Waals surface area contributed by atoms with Crippen molar-refractivity contribution >= 4 is 0 Å². The highest BCUT2D eigenvalue weighted by Crippen LogP contribution is 2.21. The molecule has 0 fully saturated rings. The van der Waals surface area contributed by atoms with Gasteiger partial charge < -0.3 is 10.2 Å². The van der Waals surface area contributed by atoms with Gasteiger partial charge in [0.25, 0.3) is 0 Å². The Kier molecular flexibility index (Phi) is 3.84. The lowest BCUT2D eigenvalue weighted by molar-refractivity contribution is 0.0969. The van der Waals surface area contributed by atoms with Crippen LogP contribution in [0, 0.1) is 22.7 Å². The van der Waals surface area contributed by atoms with E-state index in [0.717, 1.165) is 0 Å². The normalized spacial score (nSPS) is 35.0. The predicted molar refractivity (Wildman–Crippen MR) is 57.9 cm³/mol. The van der Waals surface area contributed by atoms with E-state index in [2.05, 4.69) is 0 Å². The molecule has 0 saturated carbocycles. The Morgan fingerprint density at radius 1 is 0.750 bits per heavy atom. The summed E-state index contributed by atoms with van der Waals surface area (Å²) in [6, 6.07) is 3.71. The van der Waals surface area contributed by atoms with Crippen LogP contribution in [0.5, 0.6) is 0 Å². The van der Waals surface area contributed by atoms with Crippen LogP contribution in [-0.4, -0.2) is 21.4 Å². The first kappa shape index (κ1) is 12.4. The topological polar surface area (TPSA) is 88.0 Å². The lowest BCUT2D eigenvalue weighted by Crippen LogP contribution is -2.27.